The van der Waals surface area contributed by atoms with Gasteiger partial charge in [0.05, 0.1) is 24.7 Å². The molecule has 0 spiro atoms. The predicted octanol–water partition coefficient (Wildman–Crippen LogP) is 4.69. The van der Waals surface area contributed by atoms with Gasteiger partial charge in [-0.1, -0.05) is 36.6 Å². The average Bonchev–Trinajstić information content (AvgIpc) is 2.56. The van der Waals surface area contributed by atoms with Crippen molar-refractivity contribution < 1.29 is 23.4 Å². The number of carbonyl (C=O) groups is 1. The fourth-order valence-electron chi connectivity index (χ4n) is 2.45. The molecule has 0 radical (unpaired) electrons. The molecule has 6 nitrogen and oxygen atoms in total. The Morgan fingerprint density at radius 3 is 2.41 bits per heavy atom. The summed E-state index contributed by atoms with van der Waals surface area (Å²) in [6, 6.07) is 0. The van der Waals surface area contributed by atoms with Crippen LogP contribution in [0.15, 0.2) is 0 Å². The van der Waals surface area contributed by atoms with E-state index in [4.69, 9.17) is 14.0 Å². The fraction of sp³-hybridized carbons (Fsp3) is 0.944. The first-order chi connectivity index (χ1) is 12.5. The predicted molar refractivity (Wildman–Crippen MR) is 116 cm³/mol. The Morgan fingerprint density at radius 2 is 1.85 bits per heavy atom. The van der Waals surface area contributed by atoms with Gasteiger partial charge in [0.15, 0.2) is 0 Å². The molecule has 0 aromatic heterocycles. The molecule has 1 aliphatic heterocycles. The number of carbonyl (C=O) groups excluding carboxylic acids is 1. The highest BCUT2D eigenvalue weighted by Crippen LogP contribution is 2.71. The molecule has 1 aliphatic rings. The highest BCUT2D eigenvalue weighted by atomic mass is 33.1. The Balaban J connectivity index is 2.37. The summed E-state index contributed by atoms with van der Waals surface area (Å²) in [4.78, 5) is 14.8. The molecule has 1 unspecified atom stereocenters. The lowest BCUT2D eigenvalue weighted by atomic mass is 9.89. The molecule has 9 heteroatoms. The van der Waals surface area contributed by atoms with Gasteiger partial charge < -0.3 is 14.0 Å². The monoisotopic (exact) mass is 441 g/mol. The van der Waals surface area contributed by atoms with E-state index in [0.29, 0.717) is 5.75 Å². The van der Waals surface area contributed by atoms with Crippen molar-refractivity contribution in [3.05, 3.63) is 0 Å². The second-order valence-corrected chi connectivity index (χ2v) is 15.7. The summed E-state index contributed by atoms with van der Waals surface area (Å²) in [5.41, 5.74) is -0.534. The van der Waals surface area contributed by atoms with Crippen molar-refractivity contribution in [1.29, 1.82) is 0 Å². The molecule has 1 rings (SSSR count). The molecule has 1 saturated heterocycles. The number of ether oxygens (including phenoxy) is 2. The van der Waals surface area contributed by atoms with E-state index >= 15 is 0 Å². The van der Waals surface area contributed by atoms with Crippen molar-refractivity contribution in [2.45, 2.75) is 59.3 Å². The third-order valence-electron chi connectivity index (χ3n) is 3.96. The van der Waals surface area contributed by atoms with Gasteiger partial charge >= 0.3 is 11.7 Å². The maximum atomic E-state index is 12.9. The van der Waals surface area contributed by atoms with Crippen LogP contribution in [-0.4, -0.2) is 67.4 Å². The molecule has 1 atom stereocenters. The Labute approximate surface area is 172 Å². The van der Waals surface area contributed by atoms with Gasteiger partial charge in [-0.3, -0.25) is 14.3 Å². The van der Waals surface area contributed by atoms with Crippen molar-refractivity contribution in [2.75, 3.05) is 45.2 Å². The van der Waals surface area contributed by atoms with Crippen LogP contribution >= 0.6 is 28.5 Å². The van der Waals surface area contributed by atoms with E-state index in [0.717, 1.165) is 39.3 Å². The van der Waals surface area contributed by atoms with Gasteiger partial charge in [0, 0.05) is 24.1 Å². The van der Waals surface area contributed by atoms with Crippen molar-refractivity contribution >= 4 is 34.5 Å². The zero-order valence-corrected chi connectivity index (χ0v) is 20.1. The van der Waals surface area contributed by atoms with Crippen LogP contribution in [0.1, 0.15) is 48.0 Å². The van der Waals surface area contributed by atoms with Crippen molar-refractivity contribution in [3.63, 3.8) is 0 Å². The Hall–Kier alpha value is 0.280. The molecule has 0 aromatic carbocycles. The Morgan fingerprint density at radius 1 is 1.22 bits per heavy atom. The lowest BCUT2D eigenvalue weighted by molar-refractivity contribution is -0.153. The van der Waals surface area contributed by atoms with Gasteiger partial charge in [0.1, 0.15) is 6.61 Å². The third kappa shape index (κ3) is 10.6. The third-order valence-corrected chi connectivity index (χ3v) is 11.8. The van der Waals surface area contributed by atoms with E-state index < -0.39 is 11.2 Å². The SMILES string of the molecule is CC(C)OP(=O)(SCCOC(=O)C(C)(C)CCN1CCOCC1)SC(C)C. The van der Waals surface area contributed by atoms with E-state index in [1.807, 2.05) is 41.5 Å². The van der Waals surface area contributed by atoms with Gasteiger partial charge in [-0.2, -0.15) is 0 Å². The van der Waals surface area contributed by atoms with E-state index in [1.165, 1.54) is 22.8 Å². The summed E-state index contributed by atoms with van der Waals surface area (Å²) < 4.78 is 29.4. The van der Waals surface area contributed by atoms with Crippen LogP contribution < -0.4 is 0 Å². The van der Waals surface area contributed by atoms with Crippen LogP contribution in [0.4, 0.5) is 0 Å². The lowest BCUT2D eigenvalue weighted by Gasteiger charge is -2.30. The van der Waals surface area contributed by atoms with Crippen molar-refractivity contribution in [2.24, 2.45) is 5.41 Å². The van der Waals surface area contributed by atoms with Gasteiger partial charge in [-0.15, -0.1) is 0 Å². The number of esters is 1. The van der Waals surface area contributed by atoms with Crippen LogP contribution in [0.3, 0.4) is 0 Å². The van der Waals surface area contributed by atoms with Crippen molar-refractivity contribution in [3.8, 4) is 0 Å². The normalized spacial score (nSPS) is 18.7. The minimum atomic E-state index is -2.84. The largest absolute Gasteiger partial charge is 0.464 e. The molecule has 0 aromatic rings. The summed E-state index contributed by atoms with van der Waals surface area (Å²) in [6.45, 7) is 16.1. The molecule has 0 aliphatic carbocycles. The second-order valence-electron chi connectivity index (χ2n) is 7.81. The zero-order chi connectivity index (χ0) is 20.5. The summed E-state index contributed by atoms with van der Waals surface area (Å²) in [6.07, 6.45) is 0.646. The molecular weight excluding hydrogens is 405 g/mol. The molecule has 0 saturated carbocycles. The second kappa shape index (κ2) is 12.1. The maximum absolute atomic E-state index is 12.9. The van der Waals surface area contributed by atoms with Crippen LogP contribution in [-0.2, 0) is 23.4 Å². The highest BCUT2D eigenvalue weighted by Gasteiger charge is 2.31. The topological polar surface area (TPSA) is 65.1 Å². The summed E-state index contributed by atoms with van der Waals surface area (Å²) in [5, 5.41) is 0.212. The van der Waals surface area contributed by atoms with E-state index in [2.05, 4.69) is 4.90 Å². The average molecular weight is 442 g/mol. The molecule has 27 heavy (non-hydrogen) atoms. The number of nitrogens with zero attached hydrogens (tertiary/aromatic N) is 1. The fourth-order valence-corrected chi connectivity index (χ4v) is 10.8. The van der Waals surface area contributed by atoms with Gasteiger partial charge in [0.2, 0.25) is 0 Å². The first-order valence-electron chi connectivity index (χ1n) is 9.63. The van der Waals surface area contributed by atoms with Crippen LogP contribution in [0, 0.1) is 5.41 Å². The Bertz CT molecular complexity index is 482. The molecular formula is C18H36NO5PS2. The van der Waals surface area contributed by atoms with Gasteiger partial charge in [0.25, 0.3) is 0 Å². The molecule has 0 amide bonds. The molecule has 160 valence electrons. The molecule has 1 fully saturated rings. The standard InChI is InChI=1S/C18H36NO5PS2/c1-15(2)24-25(21,27-16(3)4)26-14-13-23-17(20)18(5,6)7-8-19-9-11-22-12-10-19/h15-16H,7-14H2,1-6H3. The van der Waals surface area contributed by atoms with Crippen LogP contribution in [0.2, 0.25) is 0 Å². The van der Waals surface area contributed by atoms with E-state index in [1.54, 1.807) is 0 Å². The van der Waals surface area contributed by atoms with E-state index in [-0.39, 0.29) is 23.9 Å². The minimum Gasteiger partial charge on any atom is -0.464 e. The van der Waals surface area contributed by atoms with Gasteiger partial charge in [-0.25, -0.2) is 0 Å². The Kier molecular flexibility index (Phi) is 11.3. The first kappa shape index (κ1) is 25.3. The number of hydrogen-bond acceptors (Lipinski definition) is 8. The van der Waals surface area contributed by atoms with Crippen LogP contribution in [0.5, 0.6) is 0 Å². The smallest absolute Gasteiger partial charge is 0.313 e. The summed E-state index contributed by atoms with van der Waals surface area (Å²) >= 11 is 2.62. The van der Waals surface area contributed by atoms with Crippen molar-refractivity contribution in [1.82, 2.24) is 4.90 Å². The highest BCUT2D eigenvalue weighted by molar-refractivity contribution is 8.89. The number of morpholine rings is 1. The maximum Gasteiger partial charge on any atom is 0.313 e. The number of hydrogen-bond donors (Lipinski definition) is 0. The lowest BCUT2D eigenvalue weighted by Crippen LogP contribution is -2.39. The van der Waals surface area contributed by atoms with Gasteiger partial charge in [-0.05, 0) is 40.7 Å². The summed E-state index contributed by atoms with van der Waals surface area (Å²) in [5.74, 6) is -2.57. The molecule has 1 heterocycles. The first-order valence-corrected chi connectivity index (χ1v) is 14.3. The molecule has 0 bridgehead atoms. The number of rotatable bonds is 12. The molecule has 0 N–H and O–H groups in total. The quantitative estimate of drug-likeness (QED) is 0.246. The van der Waals surface area contributed by atoms with Crippen LogP contribution in [0.25, 0.3) is 0 Å². The minimum absolute atomic E-state index is 0.101. The summed E-state index contributed by atoms with van der Waals surface area (Å²) in [7, 11) is 0. The van der Waals surface area contributed by atoms with E-state index in [9.17, 15) is 9.36 Å². The zero-order valence-electron chi connectivity index (χ0n) is 17.6.